The third-order valence-electron chi connectivity index (χ3n) is 3.32. The first kappa shape index (κ1) is 15.9. The summed E-state index contributed by atoms with van der Waals surface area (Å²) in [7, 11) is 1.77. The van der Waals surface area contributed by atoms with Crippen LogP contribution in [0, 0.1) is 5.92 Å². The Kier molecular flexibility index (Phi) is 8.59. The maximum Gasteiger partial charge on any atom is 0.0589 e. The van der Waals surface area contributed by atoms with Gasteiger partial charge < -0.3 is 14.8 Å². The van der Waals surface area contributed by atoms with Gasteiger partial charge in [0.15, 0.2) is 0 Å². The second-order valence-corrected chi connectivity index (χ2v) is 5.53. The predicted molar refractivity (Wildman–Crippen MR) is 75.0 cm³/mol. The van der Waals surface area contributed by atoms with Crippen LogP contribution < -0.4 is 5.32 Å². The third-order valence-corrected chi connectivity index (χ3v) is 3.32. The Morgan fingerprint density at radius 3 is 2.61 bits per heavy atom. The summed E-state index contributed by atoms with van der Waals surface area (Å²) in [5.41, 5.74) is 0. The van der Waals surface area contributed by atoms with E-state index < -0.39 is 0 Å². The molecule has 1 heterocycles. The Morgan fingerprint density at radius 2 is 2.00 bits per heavy atom. The molecule has 4 nitrogen and oxygen atoms in total. The summed E-state index contributed by atoms with van der Waals surface area (Å²) in [6, 6.07) is 0.655. The van der Waals surface area contributed by atoms with Crippen molar-refractivity contribution in [1.82, 2.24) is 10.2 Å². The third kappa shape index (κ3) is 7.31. The first-order valence-electron chi connectivity index (χ1n) is 7.24. The van der Waals surface area contributed by atoms with Crippen molar-refractivity contribution in [2.24, 2.45) is 5.92 Å². The van der Waals surface area contributed by atoms with Crippen LogP contribution in [0.25, 0.3) is 0 Å². The summed E-state index contributed by atoms with van der Waals surface area (Å²) < 4.78 is 10.5. The molecule has 1 N–H and O–H groups in total. The second-order valence-electron chi connectivity index (χ2n) is 5.53. The van der Waals surface area contributed by atoms with Gasteiger partial charge in [-0.1, -0.05) is 13.8 Å². The fourth-order valence-corrected chi connectivity index (χ4v) is 2.36. The zero-order chi connectivity index (χ0) is 13.2. The van der Waals surface area contributed by atoms with Crippen LogP contribution in [0.1, 0.15) is 26.7 Å². The zero-order valence-electron chi connectivity index (χ0n) is 12.3. The SMILES string of the molecule is COCCN(CCNC1CCOCC1)CC(C)C. The molecule has 0 bridgehead atoms. The average Bonchev–Trinajstić information content (AvgIpc) is 2.36. The first-order valence-corrected chi connectivity index (χ1v) is 7.24. The van der Waals surface area contributed by atoms with Gasteiger partial charge in [-0.05, 0) is 18.8 Å². The number of ether oxygens (including phenoxy) is 2. The van der Waals surface area contributed by atoms with E-state index in [0.717, 1.165) is 58.8 Å². The summed E-state index contributed by atoms with van der Waals surface area (Å²) in [5, 5.41) is 3.64. The van der Waals surface area contributed by atoms with E-state index in [1.165, 1.54) is 0 Å². The molecule has 0 unspecified atom stereocenters. The van der Waals surface area contributed by atoms with E-state index in [0.29, 0.717) is 12.0 Å². The molecule has 108 valence electrons. The monoisotopic (exact) mass is 258 g/mol. The highest BCUT2D eigenvalue weighted by molar-refractivity contribution is 4.71. The number of hydrogen-bond donors (Lipinski definition) is 1. The fraction of sp³-hybridized carbons (Fsp3) is 1.00. The zero-order valence-corrected chi connectivity index (χ0v) is 12.3. The smallest absolute Gasteiger partial charge is 0.0589 e. The maximum absolute atomic E-state index is 5.37. The van der Waals surface area contributed by atoms with E-state index in [9.17, 15) is 0 Å². The molecular weight excluding hydrogens is 228 g/mol. The number of nitrogens with zero attached hydrogens (tertiary/aromatic N) is 1. The van der Waals surface area contributed by atoms with E-state index >= 15 is 0 Å². The molecule has 4 heteroatoms. The molecule has 0 aliphatic carbocycles. The Balaban J connectivity index is 2.14. The summed E-state index contributed by atoms with van der Waals surface area (Å²) in [4.78, 5) is 2.49. The van der Waals surface area contributed by atoms with Gasteiger partial charge >= 0.3 is 0 Å². The van der Waals surface area contributed by atoms with Gasteiger partial charge in [0.25, 0.3) is 0 Å². The lowest BCUT2D eigenvalue weighted by Crippen LogP contribution is -2.41. The van der Waals surface area contributed by atoms with Crippen molar-refractivity contribution in [3.05, 3.63) is 0 Å². The van der Waals surface area contributed by atoms with Gasteiger partial charge in [-0.15, -0.1) is 0 Å². The molecule has 1 fully saturated rings. The van der Waals surface area contributed by atoms with Gasteiger partial charge in [0.2, 0.25) is 0 Å². The van der Waals surface area contributed by atoms with Crippen LogP contribution in [0.3, 0.4) is 0 Å². The van der Waals surface area contributed by atoms with Gasteiger partial charge in [0.1, 0.15) is 0 Å². The van der Waals surface area contributed by atoms with Crippen molar-refractivity contribution >= 4 is 0 Å². The Hall–Kier alpha value is -0.160. The van der Waals surface area contributed by atoms with Crippen LogP contribution in [0.2, 0.25) is 0 Å². The molecule has 0 aromatic rings. The van der Waals surface area contributed by atoms with Crippen LogP contribution in [0.5, 0.6) is 0 Å². The Morgan fingerprint density at radius 1 is 1.28 bits per heavy atom. The van der Waals surface area contributed by atoms with Crippen molar-refractivity contribution in [1.29, 1.82) is 0 Å². The van der Waals surface area contributed by atoms with E-state index in [4.69, 9.17) is 9.47 Å². The van der Waals surface area contributed by atoms with E-state index in [1.54, 1.807) is 7.11 Å². The highest BCUT2D eigenvalue weighted by Crippen LogP contribution is 2.05. The average molecular weight is 258 g/mol. The molecule has 0 atom stereocenters. The second kappa shape index (κ2) is 9.73. The fourth-order valence-electron chi connectivity index (χ4n) is 2.36. The topological polar surface area (TPSA) is 33.7 Å². The summed E-state index contributed by atoms with van der Waals surface area (Å²) in [6.45, 7) is 11.6. The number of rotatable bonds is 9. The minimum Gasteiger partial charge on any atom is -0.383 e. The minimum atomic E-state index is 0.655. The molecule has 1 rings (SSSR count). The highest BCUT2D eigenvalue weighted by atomic mass is 16.5. The molecule has 1 aliphatic heterocycles. The van der Waals surface area contributed by atoms with Gasteiger partial charge in [-0.25, -0.2) is 0 Å². The maximum atomic E-state index is 5.37. The van der Waals surface area contributed by atoms with Crippen molar-refractivity contribution < 1.29 is 9.47 Å². The van der Waals surface area contributed by atoms with Gasteiger partial charge in [0.05, 0.1) is 6.61 Å². The first-order chi connectivity index (χ1) is 8.72. The van der Waals surface area contributed by atoms with Crippen LogP contribution in [-0.4, -0.2) is 64.1 Å². The Labute approximate surface area is 112 Å². The van der Waals surface area contributed by atoms with Gasteiger partial charge in [0, 0.05) is 52.5 Å². The molecular formula is C14H30N2O2. The predicted octanol–water partition coefficient (Wildman–Crippen LogP) is 1.36. The van der Waals surface area contributed by atoms with Crippen LogP contribution in [0.4, 0.5) is 0 Å². The lowest BCUT2D eigenvalue weighted by molar-refractivity contribution is 0.0764. The molecule has 0 amide bonds. The molecule has 18 heavy (non-hydrogen) atoms. The quantitative estimate of drug-likeness (QED) is 0.677. The van der Waals surface area contributed by atoms with E-state index in [-0.39, 0.29) is 0 Å². The van der Waals surface area contributed by atoms with Crippen LogP contribution in [-0.2, 0) is 9.47 Å². The molecule has 0 aromatic carbocycles. The molecule has 1 saturated heterocycles. The lowest BCUT2D eigenvalue weighted by Gasteiger charge is -2.27. The van der Waals surface area contributed by atoms with Crippen LogP contribution in [0.15, 0.2) is 0 Å². The van der Waals surface area contributed by atoms with Gasteiger partial charge in [-0.2, -0.15) is 0 Å². The van der Waals surface area contributed by atoms with Gasteiger partial charge in [-0.3, -0.25) is 4.90 Å². The summed E-state index contributed by atoms with van der Waals surface area (Å²) in [6.07, 6.45) is 2.31. The molecule has 0 aromatic heterocycles. The summed E-state index contributed by atoms with van der Waals surface area (Å²) >= 11 is 0. The number of hydrogen-bond acceptors (Lipinski definition) is 4. The standard InChI is InChI=1S/C14H30N2O2/c1-13(2)12-16(8-11-17-3)7-6-15-14-4-9-18-10-5-14/h13-15H,4-12H2,1-3H3. The highest BCUT2D eigenvalue weighted by Gasteiger charge is 2.13. The molecule has 0 spiro atoms. The Bertz CT molecular complexity index is 194. The number of nitrogens with one attached hydrogen (secondary N) is 1. The van der Waals surface area contributed by atoms with Crippen molar-refractivity contribution in [2.45, 2.75) is 32.7 Å². The van der Waals surface area contributed by atoms with Crippen LogP contribution >= 0.6 is 0 Å². The number of methoxy groups -OCH3 is 1. The lowest BCUT2D eigenvalue weighted by atomic mass is 10.1. The molecule has 0 saturated carbocycles. The normalized spacial score (nSPS) is 17.8. The summed E-state index contributed by atoms with van der Waals surface area (Å²) in [5.74, 6) is 0.713. The molecule has 1 aliphatic rings. The van der Waals surface area contributed by atoms with E-state index in [2.05, 4.69) is 24.1 Å². The van der Waals surface area contributed by atoms with Crippen molar-refractivity contribution in [3.63, 3.8) is 0 Å². The van der Waals surface area contributed by atoms with Crippen molar-refractivity contribution in [2.75, 3.05) is 53.1 Å². The molecule has 0 radical (unpaired) electrons. The largest absolute Gasteiger partial charge is 0.383 e. The minimum absolute atomic E-state index is 0.655. The van der Waals surface area contributed by atoms with Crippen molar-refractivity contribution in [3.8, 4) is 0 Å². The van der Waals surface area contributed by atoms with E-state index in [1.807, 2.05) is 0 Å².